The summed E-state index contributed by atoms with van der Waals surface area (Å²) in [6.07, 6.45) is 4.94. The van der Waals surface area contributed by atoms with Gasteiger partial charge in [-0.05, 0) is 28.0 Å². The maximum absolute atomic E-state index is 12.1. The number of non-ortho nitro benzene ring substituents is 1. The average Bonchev–Trinajstić information content (AvgIpc) is 2.68. The number of allylic oxidation sites excluding steroid dienone is 1. The molecule has 3 aromatic rings. The van der Waals surface area contributed by atoms with E-state index in [1.165, 1.54) is 18.3 Å². The molecule has 0 spiro atoms. The van der Waals surface area contributed by atoms with E-state index in [0.29, 0.717) is 5.56 Å². The van der Waals surface area contributed by atoms with Crippen LogP contribution in [0.2, 0.25) is 0 Å². The summed E-state index contributed by atoms with van der Waals surface area (Å²) in [5, 5.41) is 16.8. The standard InChI is InChI=1S/C21H17N3O3/c25-21(15-18-10-4-9-17-8-1-2-12-20(17)18)23-22-13-5-7-16-6-3-11-19(14-16)24(26)27/h1-14H,15H2,(H,23,25)/b7-5+,22-13+. The highest BCUT2D eigenvalue weighted by Crippen LogP contribution is 2.18. The lowest BCUT2D eigenvalue weighted by Crippen LogP contribution is -2.19. The zero-order valence-electron chi connectivity index (χ0n) is 14.4. The van der Waals surface area contributed by atoms with Gasteiger partial charge in [0.1, 0.15) is 0 Å². The van der Waals surface area contributed by atoms with Crippen LogP contribution in [0.1, 0.15) is 11.1 Å². The Balaban J connectivity index is 1.57. The molecule has 1 N–H and O–H groups in total. The molecule has 0 saturated heterocycles. The Morgan fingerprint density at radius 2 is 1.85 bits per heavy atom. The minimum absolute atomic E-state index is 0.0254. The first kappa shape index (κ1) is 18.0. The van der Waals surface area contributed by atoms with Gasteiger partial charge in [-0.25, -0.2) is 5.43 Å². The molecule has 27 heavy (non-hydrogen) atoms. The Kier molecular flexibility index (Phi) is 5.69. The van der Waals surface area contributed by atoms with Crippen molar-refractivity contribution >= 4 is 34.7 Å². The van der Waals surface area contributed by atoms with E-state index in [9.17, 15) is 14.9 Å². The zero-order chi connectivity index (χ0) is 19.1. The monoisotopic (exact) mass is 359 g/mol. The van der Waals surface area contributed by atoms with Crippen LogP contribution < -0.4 is 5.43 Å². The van der Waals surface area contributed by atoms with Crippen LogP contribution in [0.3, 0.4) is 0 Å². The van der Waals surface area contributed by atoms with Crippen molar-refractivity contribution in [2.24, 2.45) is 5.10 Å². The second-order valence-corrected chi connectivity index (χ2v) is 5.84. The number of nitro groups is 1. The number of nitrogens with one attached hydrogen (secondary N) is 1. The van der Waals surface area contributed by atoms with E-state index in [2.05, 4.69) is 10.5 Å². The highest BCUT2D eigenvalue weighted by molar-refractivity contribution is 5.90. The van der Waals surface area contributed by atoms with E-state index in [0.717, 1.165) is 16.3 Å². The van der Waals surface area contributed by atoms with E-state index >= 15 is 0 Å². The van der Waals surface area contributed by atoms with Gasteiger partial charge in [0.05, 0.1) is 11.3 Å². The number of fused-ring (bicyclic) bond motifs is 1. The number of hydrogen-bond donors (Lipinski definition) is 1. The van der Waals surface area contributed by atoms with Gasteiger partial charge in [-0.2, -0.15) is 5.10 Å². The normalized spacial score (nSPS) is 11.3. The predicted molar refractivity (Wildman–Crippen MR) is 106 cm³/mol. The van der Waals surface area contributed by atoms with E-state index in [1.54, 1.807) is 24.3 Å². The largest absolute Gasteiger partial charge is 0.273 e. The fourth-order valence-electron chi connectivity index (χ4n) is 2.71. The summed E-state index contributed by atoms with van der Waals surface area (Å²) in [7, 11) is 0. The number of amides is 1. The first-order chi connectivity index (χ1) is 13.1. The van der Waals surface area contributed by atoms with Gasteiger partial charge in [0.25, 0.3) is 5.69 Å². The number of carbonyl (C=O) groups excluding carboxylic acids is 1. The molecule has 0 aliphatic heterocycles. The van der Waals surface area contributed by atoms with Crippen molar-refractivity contribution in [3.8, 4) is 0 Å². The molecule has 0 radical (unpaired) electrons. The maximum Gasteiger partial charge on any atom is 0.270 e. The first-order valence-corrected chi connectivity index (χ1v) is 8.33. The maximum atomic E-state index is 12.1. The molecule has 0 aliphatic rings. The van der Waals surface area contributed by atoms with Crippen LogP contribution >= 0.6 is 0 Å². The first-order valence-electron chi connectivity index (χ1n) is 8.33. The summed E-state index contributed by atoms with van der Waals surface area (Å²) >= 11 is 0. The quantitative estimate of drug-likeness (QED) is 0.408. The van der Waals surface area contributed by atoms with Crippen LogP contribution in [0.5, 0.6) is 0 Å². The Morgan fingerprint density at radius 3 is 2.70 bits per heavy atom. The number of nitro benzene ring substituents is 1. The molecule has 6 heteroatoms. The Labute approximate surface area is 156 Å². The predicted octanol–water partition coefficient (Wildman–Crippen LogP) is 4.11. The van der Waals surface area contributed by atoms with Crippen LogP contribution in [0, 0.1) is 10.1 Å². The average molecular weight is 359 g/mol. The highest BCUT2D eigenvalue weighted by atomic mass is 16.6. The summed E-state index contributed by atoms with van der Waals surface area (Å²) in [6, 6.07) is 20.0. The van der Waals surface area contributed by atoms with Crippen LogP contribution in [-0.4, -0.2) is 17.0 Å². The lowest BCUT2D eigenvalue weighted by molar-refractivity contribution is -0.384. The van der Waals surface area contributed by atoms with Crippen molar-refractivity contribution in [3.05, 3.63) is 94.0 Å². The number of benzene rings is 3. The van der Waals surface area contributed by atoms with Gasteiger partial charge in [0, 0.05) is 18.3 Å². The molecule has 6 nitrogen and oxygen atoms in total. The van der Waals surface area contributed by atoms with Crippen molar-refractivity contribution in [1.29, 1.82) is 0 Å². The van der Waals surface area contributed by atoms with Crippen molar-refractivity contribution in [3.63, 3.8) is 0 Å². The van der Waals surface area contributed by atoms with Crippen LogP contribution in [0.25, 0.3) is 16.8 Å². The van der Waals surface area contributed by atoms with Crippen molar-refractivity contribution in [1.82, 2.24) is 5.43 Å². The molecule has 0 aliphatic carbocycles. The third kappa shape index (κ3) is 4.85. The lowest BCUT2D eigenvalue weighted by atomic mass is 10.0. The molecule has 0 saturated carbocycles. The van der Waals surface area contributed by atoms with E-state index in [1.807, 2.05) is 42.5 Å². The lowest BCUT2D eigenvalue weighted by Gasteiger charge is -2.05. The van der Waals surface area contributed by atoms with Crippen LogP contribution in [0.4, 0.5) is 5.69 Å². The molecular weight excluding hydrogens is 342 g/mol. The number of hydrazone groups is 1. The van der Waals surface area contributed by atoms with Crippen LogP contribution in [-0.2, 0) is 11.2 Å². The molecule has 1 amide bonds. The molecule has 3 rings (SSSR count). The third-order valence-corrected chi connectivity index (χ3v) is 3.95. The Morgan fingerprint density at radius 1 is 1.07 bits per heavy atom. The molecule has 0 unspecified atom stereocenters. The van der Waals surface area contributed by atoms with E-state index in [-0.39, 0.29) is 18.0 Å². The van der Waals surface area contributed by atoms with Gasteiger partial charge in [-0.3, -0.25) is 14.9 Å². The summed E-state index contributed by atoms with van der Waals surface area (Å²) in [5.41, 5.74) is 4.12. The number of nitrogens with zero attached hydrogens (tertiary/aromatic N) is 2. The fourth-order valence-corrected chi connectivity index (χ4v) is 2.71. The van der Waals surface area contributed by atoms with Crippen LogP contribution in [0.15, 0.2) is 77.9 Å². The summed E-state index contributed by atoms with van der Waals surface area (Å²) in [5.74, 6) is -0.216. The van der Waals surface area contributed by atoms with Gasteiger partial charge >= 0.3 is 0 Å². The van der Waals surface area contributed by atoms with Crippen molar-refractivity contribution in [2.45, 2.75) is 6.42 Å². The zero-order valence-corrected chi connectivity index (χ0v) is 14.4. The third-order valence-electron chi connectivity index (χ3n) is 3.95. The number of carbonyl (C=O) groups is 1. The SMILES string of the molecule is O=C(Cc1cccc2ccccc12)N/N=C/C=C/c1cccc([N+](=O)[O-])c1. The second kappa shape index (κ2) is 8.53. The van der Waals surface area contributed by atoms with Gasteiger partial charge in [0.15, 0.2) is 0 Å². The summed E-state index contributed by atoms with van der Waals surface area (Å²) in [6.45, 7) is 0. The fraction of sp³-hybridized carbons (Fsp3) is 0.0476. The van der Waals surface area contributed by atoms with Gasteiger partial charge < -0.3 is 0 Å². The molecule has 134 valence electrons. The molecule has 0 heterocycles. The number of hydrogen-bond acceptors (Lipinski definition) is 4. The molecular formula is C21H17N3O3. The second-order valence-electron chi connectivity index (χ2n) is 5.84. The van der Waals surface area contributed by atoms with E-state index in [4.69, 9.17) is 0 Å². The number of rotatable bonds is 6. The summed E-state index contributed by atoms with van der Waals surface area (Å²) in [4.78, 5) is 22.4. The van der Waals surface area contributed by atoms with Gasteiger partial charge in [-0.1, -0.05) is 60.7 Å². The Hall–Kier alpha value is -3.80. The van der Waals surface area contributed by atoms with E-state index < -0.39 is 4.92 Å². The van der Waals surface area contributed by atoms with Gasteiger partial charge in [-0.15, -0.1) is 0 Å². The van der Waals surface area contributed by atoms with Crippen molar-refractivity contribution < 1.29 is 9.72 Å². The summed E-state index contributed by atoms with van der Waals surface area (Å²) < 4.78 is 0. The molecule has 0 fully saturated rings. The molecule has 0 bridgehead atoms. The topological polar surface area (TPSA) is 84.6 Å². The smallest absolute Gasteiger partial charge is 0.270 e. The highest BCUT2D eigenvalue weighted by Gasteiger charge is 2.06. The minimum Gasteiger partial charge on any atom is -0.273 e. The molecule has 0 aromatic heterocycles. The minimum atomic E-state index is -0.446. The molecule has 0 atom stereocenters. The Bertz CT molecular complexity index is 1040. The van der Waals surface area contributed by atoms with Crippen molar-refractivity contribution in [2.75, 3.05) is 0 Å². The molecule has 3 aromatic carbocycles. The van der Waals surface area contributed by atoms with Gasteiger partial charge in [0.2, 0.25) is 5.91 Å².